The van der Waals surface area contributed by atoms with Gasteiger partial charge in [-0.3, -0.25) is 9.55 Å². The topological polar surface area (TPSA) is 50.9 Å². The third-order valence-corrected chi connectivity index (χ3v) is 10.9. The summed E-state index contributed by atoms with van der Waals surface area (Å²) in [5.74, 6) is 0.982. The molecule has 0 spiro atoms. The molecule has 0 fully saturated rings. The van der Waals surface area contributed by atoms with Gasteiger partial charge < -0.3 is 5.11 Å². The molecule has 2 aromatic heterocycles. The van der Waals surface area contributed by atoms with Crippen molar-refractivity contribution in [2.75, 3.05) is 0 Å². The molecule has 0 atom stereocenters. The van der Waals surface area contributed by atoms with Crippen LogP contribution in [0, 0.1) is 12.9 Å². The second-order valence-corrected chi connectivity index (χ2v) is 16.6. The summed E-state index contributed by atoms with van der Waals surface area (Å²) in [4.78, 5) is 10.4. The monoisotopic (exact) mass is 942 g/mol. The fourth-order valence-electron chi connectivity index (χ4n) is 7.62. The maximum absolute atomic E-state index is 12.2. The number of nitrogens with zero attached hydrogens (tertiary/aromatic N) is 3. The Morgan fingerprint density at radius 2 is 1.38 bits per heavy atom. The number of imidazole rings is 1. The summed E-state index contributed by atoms with van der Waals surface area (Å²) in [7, 11) is 0. The first kappa shape index (κ1) is 36.7. The molecule has 0 amide bonds. The fraction of sp³-hybridized carbons (Fsp3) is 0.208. The molecule has 1 N–H and O–H groups in total. The maximum atomic E-state index is 12.2. The number of fused-ring (bicyclic) bond motifs is 1. The van der Waals surface area contributed by atoms with Crippen molar-refractivity contribution in [3.05, 3.63) is 168 Å². The van der Waals surface area contributed by atoms with Crippen molar-refractivity contribution in [1.29, 1.82) is 0 Å². The second kappa shape index (κ2) is 16.4. The zero-order valence-electron chi connectivity index (χ0n) is 37.0. The standard InChI is InChI=1S/C53H50N3O.Pt/c1-33(2)39-30-44(34(3)4)51(57)46(31-39)52-55-50-43(20-15-21-49(50)56(52)48-23-22-35(5)26-45(48)37-18-13-10-14-19-37)40-27-41(29-42(28-40)53(6,7)8)47-32-38(24-25-54-47)36-16-11-9-12-17-36;/h9-26,28-34,57H,1-8H3;/q-1;/i5D3;. The van der Waals surface area contributed by atoms with Crippen LogP contribution in [0.4, 0.5) is 0 Å². The van der Waals surface area contributed by atoms with E-state index in [2.05, 4.69) is 108 Å². The number of phenolic OH excluding ortho intramolecular Hbond substituents is 1. The van der Waals surface area contributed by atoms with Crippen LogP contribution in [-0.2, 0) is 26.5 Å². The molecule has 5 heteroatoms. The van der Waals surface area contributed by atoms with E-state index in [9.17, 15) is 5.11 Å². The molecule has 0 saturated heterocycles. The minimum Gasteiger partial charge on any atom is -0.507 e. The first-order valence-electron chi connectivity index (χ1n) is 21.3. The van der Waals surface area contributed by atoms with Crippen LogP contribution >= 0.6 is 0 Å². The van der Waals surface area contributed by atoms with Crippen LogP contribution in [0.1, 0.15) is 86.7 Å². The van der Waals surface area contributed by atoms with E-state index in [1.165, 1.54) is 0 Å². The number of rotatable bonds is 8. The minimum absolute atomic E-state index is 0. The van der Waals surface area contributed by atoms with Crippen molar-refractivity contribution in [3.63, 3.8) is 0 Å². The minimum atomic E-state index is -2.31. The van der Waals surface area contributed by atoms with Crippen LogP contribution in [0.5, 0.6) is 5.75 Å². The summed E-state index contributed by atoms with van der Waals surface area (Å²) >= 11 is 0. The van der Waals surface area contributed by atoms with Gasteiger partial charge in [0.05, 0.1) is 22.3 Å². The van der Waals surface area contributed by atoms with Crippen molar-refractivity contribution < 1.29 is 30.3 Å². The number of hydrogen-bond acceptors (Lipinski definition) is 3. The Kier molecular flexibility index (Phi) is 10.4. The van der Waals surface area contributed by atoms with Crippen molar-refractivity contribution in [2.24, 2.45) is 0 Å². The molecule has 0 aliphatic heterocycles. The van der Waals surface area contributed by atoms with Gasteiger partial charge in [-0.1, -0.05) is 156 Å². The van der Waals surface area contributed by atoms with Crippen LogP contribution in [0.25, 0.3) is 72.7 Å². The van der Waals surface area contributed by atoms with E-state index in [1.807, 2.05) is 79.0 Å². The smallest absolute Gasteiger partial charge is 0.148 e. The van der Waals surface area contributed by atoms with E-state index in [0.717, 1.165) is 78.0 Å². The quantitative estimate of drug-likeness (QED) is 0.154. The molecule has 8 aromatic rings. The van der Waals surface area contributed by atoms with Crippen LogP contribution in [0.2, 0.25) is 0 Å². The van der Waals surface area contributed by atoms with Crippen LogP contribution < -0.4 is 0 Å². The summed E-state index contributed by atoms with van der Waals surface area (Å²) in [6, 6.07) is 48.1. The Morgan fingerprint density at radius 1 is 0.672 bits per heavy atom. The summed E-state index contributed by atoms with van der Waals surface area (Å²) in [6.45, 7) is 12.8. The van der Waals surface area contributed by atoms with Crippen molar-refractivity contribution >= 4 is 11.0 Å². The van der Waals surface area contributed by atoms with Gasteiger partial charge in [0.25, 0.3) is 0 Å². The first-order valence-corrected chi connectivity index (χ1v) is 19.8. The molecular weight excluding hydrogens is 890 g/mol. The van der Waals surface area contributed by atoms with Gasteiger partial charge in [0, 0.05) is 42.6 Å². The zero-order valence-corrected chi connectivity index (χ0v) is 36.3. The third kappa shape index (κ3) is 7.83. The van der Waals surface area contributed by atoms with Crippen molar-refractivity contribution in [3.8, 4) is 67.5 Å². The van der Waals surface area contributed by atoms with Gasteiger partial charge in [-0.05, 0) is 82.3 Å². The van der Waals surface area contributed by atoms with E-state index >= 15 is 0 Å². The summed E-state index contributed by atoms with van der Waals surface area (Å²) in [5, 5.41) is 12.2. The van der Waals surface area contributed by atoms with Crippen LogP contribution in [0.3, 0.4) is 0 Å². The second-order valence-electron chi connectivity index (χ2n) is 16.6. The van der Waals surface area contributed by atoms with Gasteiger partial charge in [-0.2, -0.15) is 0 Å². The van der Waals surface area contributed by atoms with Crippen molar-refractivity contribution in [2.45, 2.75) is 72.6 Å². The average Bonchev–Trinajstić information content (AvgIpc) is 3.62. The van der Waals surface area contributed by atoms with Gasteiger partial charge in [0.15, 0.2) is 0 Å². The van der Waals surface area contributed by atoms with Gasteiger partial charge in [0.2, 0.25) is 0 Å². The molecular formula is C53H50N3OPt-. The number of aromatic hydroxyl groups is 1. The molecule has 0 aliphatic rings. The summed E-state index contributed by atoms with van der Waals surface area (Å²) in [6.07, 6.45) is 1.86. The molecule has 0 aliphatic carbocycles. The van der Waals surface area contributed by atoms with E-state index < -0.39 is 6.85 Å². The fourth-order valence-corrected chi connectivity index (χ4v) is 7.62. The Balaban J connectivity index is 0.00000561. The number of aryl methyl sites for hydroxylation is 1. The van der Waals surface area contributed by atoms with Crippen LogP contribution in [0.15, 0.2) is 140 Å². The molecule has 2 heterocycles. The normalized spacial score (nSPS) is 12.7. The Morgan fingerprint density at radius 3 is 2.05 bits per heavy atom. The Bertz CT molecular complexity index is 2860. The third-order valence-electron chi connectivity index (χ3n) is 10.9. The van der Waals surface area contributed by atoms with Gasteiger partial charge in [0.1, 0.15) is 11.6 Å². The molecule has 6 aromatic carbocycles. The number of para-hydroxylation sites is 1. The number of hydrogen-bond donors (Lipinski definition) is 1. The Labute approximate surface area is 362 Å². The van der Waals surface area contributed by atoms with Crippen LogP contribution in [-0.4, -0.2) is 19.6 Å². The van der Waals surface area contributed by atoms with Crippen molar-refractivity contribution in [1.82, 2.24) is 14.5 Å². The maximum Gasteiger partial charge on any atom is 0.148 e. The van der Waals surface area contributed by atoms with Gasteiger partial charge in [-0.15, -0.1) is 29.3 Å². The molecule has 8 rings (SSSR count). The molecule has 0 unspecified atom stereocenters. The average molecular weight is 943 g/mol. The number of aromatic nitrogens is 3. The largest absolute Gasteiger partial charge is 0.507 e. The zero-order chi connectivity index (χ0) is 42.5. The van der Waals surface area contributed by atoms with E-state index in [4.69, 9.17) is 14.1 Å². The molecule has 0 radical (unpaired) electrons. The van der Waals surface area contributed by atoms with Gasteiger partial charge in [-0.25, -0.2) is 4.98 Å². The van der Waals surface area contributed by atoms with E-state index in [1.54, 1.807) is 12.1 Å². The number of pyridine rings is 1. The SMILES string of the molecule is [2H]C([2H])([2H])c1ccc(-n2c(-c3cc(C(C)C)cc(C(C)C)c3O)nc3c(-c4[c-]c(-c5cc(-c6ccccc6)ccn5)cc(C(C)(C)C)c4)cccc32)c(-c2ccccc2)c1.[Pt]. The molecule has 0 saturated carbocycles. The predicted molar refractivity (Wildman–Crippen MR) is 238 cm³/mol. The number of phenols is 1. The van der Waals surface area contributed by atoms with E-state index in [0.29, 0.717) is 11.4 Å². The summed E-state index contributed by atoms with van der Waals surface area (Å²) < 4.78 is 27.1. The Hall–Kier alpha value is -5.57. The van der Waals surface area contributed by atoms with Gasteiger partial charge >= 0.3 is 0 Å². The predicted octanol–water partition coefficient (Wildman–Crippen LogP) is 14.1. The number of benzene rings is 6. The van der Waals surface area contributed by atoms with E-state index in [-0.39, 0.29) is 49.6 Å². The molecule has 294 valence electrons. The molecule has 4 nitrogen and oxygen atoms in total. The summed E-state index contributed by atoms with van der Waals surface area (Å²) in [5.41, 5.74) is 13.3. The molecule has 58 heavy (non-hydrogen) atoms. The first-order chi connectivity index (χ1) is 28.6. The molecule has 0 bridgehead atoms.